The van der Waals surface area contributed by atoms with Crippen molar-refractivity contribution in [3.05, 3.63) is 16.2 Å². The Labute approximate surface area is 77.6 Å². The van der Waals surface area contributed by atoms with Crippen LogP contribution in [0.3, 0.4) is 0 Å². The van der Waals surface area contributed by atoms with E-state index in [2.05, 4.69) is 15.0 Å². The van der Waals surface area contributed by atoms with Gasteiger partial charge in [-0.2, -0.15) is 0 Å². The predicted octanol–water partition coefficient (Wildman–Crippen LogP) is 0.524. The molecule has 0 saturated heterocycles. The van der Waals surface area contributed by atoms with E-state index in [-0.39, 0.29) is 5.56 Å². The molecule has 6 heteroatoms. The second-order valence-electron chi connectivity index (χ2n) is 2.57. The van der Waals surface area contributed by atoms with Gasteiger partial charge in [-0.1, -0.05) is 18.3 Å². The molecular weight excluding hydrogens is 188 g/mol. The Hall–Kier alpha value is -1.43. The standard InChI is InChI=1S/C7H8N4OS/c1-2-3-9-5-4(6(12)10-3)13-7(8)11-5/h2H2,1H3,(H3,8,9,10,11,12). The van der Waals surface area contributed by atoms with E-state index in [1.54, 1.807) is 0 Å². The first-order valence-corrected chi connectivity index (χ1v) is 4.67. The third-order valence-electron chi connectivity index (χ3n) is 1.67. The highest BCUT2D eigenvalue weighted by atomic mass is 32.1. The summed E-state index contributed by atoms with van der Waals surface area (Å²) in [5, 5.41) is 0.376. The second-order valence-corrected chi connectivity index (χ2v) is 3.60. The molecule has 0 aromatic carbocycles. The number of nitrogens with one attached hydrogen (secondary N) is 1. The van der Waals surface area contributed by atoms with Crippen LogP contribution in [0.25, 0.3) is 10.3 Å². The number of fused-ring (bicyclic) bond motifs is 1. The van der Waals surface area contributed by atoms with E-state index < -0.39 is 0 Å². The van der Waals surface area contributed by atoms with Crippen molar-refractivity contribution in [1.29, 1.82) is 0 Å². The van der Waals surface area contributed by atoms with E-state index in [1.165, 1.54) is 0 Å². The molecule has 0 atom stereocenters. The predicted molar refractivity (Wildman–Crippen MR) is 51.8 cm³/mol. The van der Waals surface area contributed by atoms with Gasteiger partial charge in [0.15, 0.2) is 10.8 Å². The summed E-state index contributed by atoms with van der Waals surface area (Å²) in [6, 6.07) is 0. The maximum atomic E-state index is 11.4. The zero-order valence-corrected chi connectivity index (χ0v) is 7.81. The molecule has 2 aromatic heterocycles. The second kappa shape index (κ2) is 2.81. The van der Waals surface area contributed by atoms with Gasteiger partial charge in [-0.05, 0) is 0 Å². The van der Waals surface area contributed by atoms with Crippen molar-refractivity contribution in [2.24, 2.45) is 0 Å². The average Bonchev–Trinajstić information content (AvgIpc) is 2.46. The van der Waals surface area contributed by atoms with Crippen molar-refractivity contribution < 1.29 is 0 Å². The monoisotopic (exact) mass is 196 g/mol. The van der Waals surface area contributed by atoms with Crippen LogP contribution in [0.2, 0.25) is 0 Å². The number of anilines is 1. The number of hydrogen-bond acceptors (Lipinski definition) is 5. The first-order chi connectivity index (χ1) is 6.20. The zero-order valence-electron chi connectivity index (χ0n) is 7.00. The lowest BCUT2D eigenvalue weighted by atomic mass is 10.4. The van der Waals surface area contributed by atoms with Gasteiger partial charge in [-0.3, -0.25) is 4.79 Å². The van der Waals surface area contributed by atoms with Crippen LogP contribution in [-0.4, -0.2) is 15.0 Å². The van der Waals surface area contributed by atoms with Crippen molar-refractivity contribution >= 4 is 26.8 Å². The van der Waals surface area contributed by atoms with Gasteiger partial charge in [0.2, 0.25) is 0 Å². The molecule has 13 heavy (non-hydrogen) atoms. The van der Waals surface area contributed by atoms with Crippen molar-refractivity contribution in [3.8, 4) is 0 Å². The Bertz CT molecular complexity index is 501. The van der Waals surface area contributed by atoms with Crippen molar-refractivity contribution in [2.75, 3.05) is 5.73 Å². The summed E-state index contributed by atoms with van der Waals surface area (Å²) < 4.78 is 0.495. The fourth-order valence-corrected chi connectivity index (χ4v) is 1.73. The van der Waals surface area contributed by atoms with E-state index in [9.17, 15) is 4.79 Å². The molecule has 2 heterocycles. The highest BCUT2D eigenvalue weighted by molar-refractivity contribution is 7.21. The Balaban J connectivity index is 2.83. The molecule has 0 fully saturated rings. The molecule has 2 rings (SSSR count). The zero-order chi connectivity index (χ0) is 9.42. The summed E-state index contributed by atoms with van der Waals surface area (Å²) in [6.45, 7) is 1.92. The summed E-state index contributed by atoms with van der Waals surface area (Å²) in [6.07, 6.45) is 0.683. The molecule has 0 unspecified atom stereocenters. The van der Waals surface area contributed by atoms with Gasteiger partial charge in [0.1, 0.15) is 10.5 Å². The molecule has 0 aliphatic rings. The SMILES string of the molecule is CCc1nc2nc(N)sc2c(=O)[nH]1. The molecule has 0 aliphatic carbocycles. The fraction of sp³-hybridized carbons (Fsp3) is 0.286. The molecule has 0 saturated carbocycles. The third kappa shape index (κ3) is 1.29. The lowest BCUT2D eigenvalue weighted by molar-refractivity contribution is 0.941. The van der Waals surface area contributed by atoms with E-state index in [0.717, 1.165) is 11.3 Å². The number of thiazole rings is 1. The van der Waals surface area contributed by atoms with Crippen LogP contribution in [0.15, 0.2) is 4.79 Å². The van der Waals surface area contributed by atoms with Crippen LogP contribution >= 0.6 is 11.3 Å². The van der Waals surface area contributed by atoms with Crippen LogP contribution in [-0.2, 0) is 6.42 Å². The first-order valence-electron chi connectivity index (χ1n) is 3.86. The number of hydrogen-bond donors (Lipinski definition) is 2. The maximum absolute atomic E-state index is 11.4. The summed E-state index contributed by atoms with van der Waals surface area (Å²) in [5.74, 6) is 0.641. The van der Waals surface area contributed by atoms with Crippen LogP contribution in [0, 0.1) is 0 Å². The fourth-order valence-electron chi connectivity index (χ4n) is 1.06. The molecular formula is C7H8N4OS. The van der Waals surface area contributed by atoms with Gasteiger partial charge >= 0.3 is 0 Å². The Kier molecular flexibility index (Phi) is 1.77. The minimum absolute atomic E-state index is 0.156. The van der Waals surface area contributed by atoms with Crippen LogP contribution in [0.5, 0.6) is 0 Å². The minimum Gasteiger partial charge on any atom is -0.375 e. The lowest BCUT2D eigenvalue weighted by Gasteiger charge is -1.93. The van der Waals surface area contributed by atoms with E-state index in [0.29, 0.717) is 27.7 Å². The summed E-state index contributed by atoms with van der Waals surface area (Å²) in [7, 11) is 0. The maximum Gasteiger partial charge on any atom is 0.270 e. The van der Waals surface area contributed by atoms with Crippen molar-refractivity contribution in [3.63, 3.8) is 0 Å². The molecule has 0 spiro atoms. The largest absolute Gasteiger partial charge is 0.375 e. The molecule has 68 valence electrons. The number of rotatable bonds is 1. The van der Waals surface area contributed by atoms with Gasteiger partial charge < -0.3 is 10.7 Å². The minimum atomic E-state index is -0.156. The molecule has 0 aliphatic heterocycles. The van der Waals surface area contributed by atoms with Gasteiger partial charge in [-0.15, -0.1) is 0 Å². The quantitative estimate of drug-likeness (QED) is 0.696. The van der Waals surface area contributed by atoms with Gasteiger partial charge in [-0.25, -0.2) is 9.97 Å². The van der Waals surface area contributed by atoms with Crippen LogP contribution < -0.4 is 11.3 Å². The highest BCUT2D eigenvalue weighted by Gasteiger charge is 2.07. The molecule has 2 aromatic rings. The number of aromatic nitrogens is 3. The van der Waals surface area contributed by atoms with Crippen LogP contribution in [0.4, 0.5) is 5.13 Å². The van der Waals surface area contributed by atoms with Gasteiger partial charge in [0, 0.05) is 6.42 Å². The highest BCUT2D eigenvalue weighted by Crippen LogP contribution is 2.17. The number of nitrogen functional groups attached to an aromatic ring is 1. The smallest absolute Gasteiger partial charge is 0.270 e. The summed E-state index contributed by atoms with van der Waals surface area (Å²) >= 11 is 1.16. The van der Waals surface area contributed by atoms with Gasteiger partial charge in [0.25, 0.3) is 5.56 Å². The number of nitrogens with zero attached hydrogens (tertiary/aromatic N) is 2. The number of aryl methyl sites for hydroxylation is 1. The Morgan fingerprint density at radius 2 is 2.31 bits per heavy atom. The molecule has 5 nitrogen and oxygen atoms in total. The molecule has 0 radical (unpaired) electrons. The number of nitrogens with two attached hydrogens (primary N) is 1. The Morgan fingerprint density at radius 1 is 1.54 bits per heavy atom. The molecule has 0 amide bonds. The van der Waals surface area contributed by atoms with Crippen molar-refractivity contribution in [2.45, 2.75) is 13.3 Å². The number of aromatic amines is 1. The summed E-state index contributed by atoms with van der Waals surface area (Å²) in [4.78, 5) is 22.1. The van der Waals surface area contributed by atoms with E-state index in [4.69, 9.17) is 5.73 Å². The van der Waals surface area contributed by atoms with E-state index >= 15 is 0 Å². The van der Waals surface area contributed by atoms with Crippen LogP contribution in [0.1, 0.15) is 12.7 Å². The third-order valence-corrected chi connectivity index (χ3v) is 2.54. The van der Waals surface area contributed by atoms with Gasteiger partial charge in [0.05, 0.1) is 0 Å². The molecule has 3 N–H and O–H groups in total. The topological polar surface area (TPSA) is 84.7 Å². The average molecular weight is 196 g/mol. The number of H-pyrrole nitrogens is 1. The summed E-state index contributed by atoms with van der Waals surface area (Å²) in [5.41, 5.74) is 5.76. The molecule has 0 bridgehead atoms. The normalized spacial score (nSPS) is 10.8. The first kappa shape index (κ1) is 8.18. The lowest BCUT2D eigenvalue weighted by Crippen LogP contribution is -2.09. The van der Waals surface area contributed by atoms with E-state index in [1.807, 2.05) is 6.92 Å². The Morgan fingerprint density at radius 3 is 3.00 bits per heavy atom. The van der Waals surface area contributed by atoms with Crippen molar-refractivity contribution in [1.82, 2.24) is 15.0 Å².